The van der Waals surface area contributed by atoms with Crippen molar-refractivity contribution < 1.29 is 14.3 Å². The van der Waals surface area contributed by atoms with Crippen LogP contribution >= 0.6 is 0 Å². The largest absolute Gasteiger partial charge is 0.488 e. The highest BCUT2D eigenvalue weighted by atomic mass is 16.5. The number of aromatic amines is 2. The van der Waals surface area contributed by atoms with E-state index in [1.807, 2.05) is 11.1 Å². The van der Waals surface area contributed by atoms with Crippen molar-refractivity contribution in [2.24, 2.45) is 5.92 Å². The second kappa shape index (κ2) is 11.3. The first-order valence-electron chi connectivity index (χ1n) is 16.3. The minimum Gasteiger partial charge on any atom is -0.488 e. The predicted octanol–water partition coefficient (Wildman–Crippen LogP) is 6.81. The minimum absolute atomic E-state index is 0.00981. The maximum Gasteiger partial charge on any atom is 0.223 e. The lowest BCUT2D eigenvalue weighted by molar-refractivity contribution is -0.134. The van der Waals surface area contributed by atoms with Gasteiger partial charge in [-0.2, -0.15) is 0 Å². The van der Waals surface area contributed by atoms with Crippen molar-refractivity contribution in [3.05, 3.63) is 65.9 Å². The zero-order valence-corrected chi connectivity index (χ0v) is 26.2. The van der Waals surface area contributed by atoms with E-state index in [9.17, 15) is 4.79 Å². The van der Waals surface area contributed by atoms with Gasteiger partial charge in [0.05, 0.1) is 41.6 Å². The molecule has 8 rings (SSSR count). The SMILES string of the molecule is CCCC(=O)N1[C@@H](C)CC[C@H]1c1nc2ccc3cc4c(cc3c2[nH]1)OCc1cc(-c2cnc([C@@H]3C[C@H](COC)CN3)[nH]2)ccc1-4. The van der Waals surface area contributed by atoms with Gasteiger partial charge in [-0.15, -0.1) is 0 Å². The zero-order chi connectivity index (χ0) is 30.7. The van der Waals surface area contributed by atoms with E-state index in [-0.39, 0.29) is 24.0 Å². The molecule has 3 aromatic carbocycles. The second-order valence-corrected chi connectivity index (χ2v) is 13.0. The number of carbonyl (C=O) groups is 1. The molecule has 4 atom stereocenters. The highest BCUT2D eigenvalue weighted by Gasteiger charge is 2.36. The van der Waals surface area contributed by atoms with Gasteiger partial charge >= 0.3 is 0 Å². The molecule has 0 radical (unpaired) electrons. The topological polar surface area (TPSA) is 108 Å². The Hall–Kier alpha value is -4.21. The first-order chi connectivity index (χ1) is 22.0. The Morgan fingerprint density at radius 3 is 2.87 bits per heavy atom. The number of methoxy groups -OCH3 is 1. The van der Waals surface area contributed by atoms with E-state index in [1.54, 1.807) is 7.11 Å². The minimum atomic E-state index is -0.00981. The number of amides is 1. The Morgan fingerprint density at radius 2 is 2.00 bits per heavy atom. The van der Waals surface area contributed by atoms with Crippen LogP contribution in [-0.4, -0.2) is 57.0 Å². The molecule has 2 fully saturated rings. The first-order valence-corrected chi connectivity index (χ1v) is 16.3. The van der Waals surface area contributed by atoms with Crippen molar-refractivity contribution in [2.75, 3.05) is 20.3 Å². The third kappa shape index (κ3) is 4.89. The Labute approximate surface area is 262 Å². The lowest BCUT2D eigenvalue weighted by Gasteiger charge is -2.27. The van der Waals surface area contributed by atoms with E-state index in [0.717, 1.165) is 100 Å². The normalized spacial score (nSPS) is 22.6. The number of nitrogens with one attached hydrogen (secondary N) is 3. The van der Waals surface area contributed by atoms with E-state index < -0.39 is 0 Å². The highest BCUT2D eigenvalue weighted by Crippen LogP contribution is 2.43. The molecular weight excluding hydrogens is 564 g/mol. The number of fused-ring (bicyclic) bond motifs is 6. The summed E-state index contributed by atoms with van der Waals surface area (Å²) in [4.78, 5) is 31.9. The molecule has 9 nitrogen and oxygen atoms in total. The van der Waals surface area contributed by atoms with Gasteiger partial charge in [0, 0.05) is 37.1 Å². The van der Waals surface area contributed by atoms with Crippen LogP contribution in [0.2, 0.25) is 0 Å². The van der Waals surface area contributed by atoms with Crippen LogP contribution in [0.25, 0.3) is 44.2 Å². The molecule has 2 saturated heterocycles. The molecule has 3 aliphatic heterocycles. The summed E-state index contributed by atoms with van der Waals surface area (Å²) in [7, 11) is 1.76. The van der Waals surface area contributed by atoms with E-state index in [1.165, 1.54) is 5.56 Å². The van der Waals surface area contributed by atoms with Crippen LogP contribution < -0.4 is 10.1 Å². The summed E-state index contributed by atoms with van der Waals surface area (Å²) in [6.45, 7) is 6.43. The molecule has 0 unspecified atom stereocenters. The third-order valence-corrected chi connectivity index (χ3v) is 9.97. The summed E-state index contributed by atoms with van der Waals surface area (Å²) in [6.07, 6.45) is 6.31. The summed E-state index contributed by atoms with van der Waals surface area (Å²) in [6, 6.07) is 15.6. The van der Waals surface area contributed by atoms with Crippen LogP contribution in [0.3, 0.4) is 0 Å². The van der Waals surface area contributed by atoms with Gasteiger partial charge in [0.15, 0.2) is 0 Å². The molecule has 5 aromatic rings. The molecule has 45 heavy (non-hydrogen) atoms. The lowest BCUT2D eigenvalue weighted by Crippen LogP contribution is -2.35. The number of rotatable bonds is 7. The van der Waals surface area contributed by atoms with Crippen molar-refractivity contribution in [1.29, 1.82) is 0 Å². The average molecular weight is 605 g/mol. The molecule has 3 N–H and O–H groups in total. The summed E-state index contributed by atoms with van der Waals surface area (Å²) >= 11 is 0. The molecule has 5 heterocycles. The van der Waals surface area contributed by atoms with Crippen LogP contribution in [0.1, 0.15) is 75.2 Å². The maximum absolute atomic E-state index is 13.0. The lowest BCUT2D eigenvalue weighted by atomic mass is 9.92. The van der Waals surface area contributed by atoms with Gasteiger partial charge in [0.25, 0.3) is 0 Å². The van der Waals surface area contributed by atoms with Gasteiger partial charge in [0.1, 0.15) is 24.0 Å². The first kappa shape index (κ1) is 28.3. The van der Waals surface area contributed by atoms with Crippen molar-refractivity contribution in [3.8, 4) is 28.1 Å². The van der Waals surface area contributed by atoms with Gasteiger partial charge in [-0.25, -0.2) is 9.97 Å². The van der Waals surface area contributed by atoms with Crippen LogP contribution in [0.4, 0.5) is 0 Å². The number of nitrogens with zero attached hydrogens (tertiary/aromatic N) is 3. The summed E-state index contributed by atoms with van der Waals surface area (Å²) < 4.78 is 11.7. The van der Waals surface area contributed by atoms with E-state index in [4.69, 9.17) is 19.4 Å². The molecule has 2 aromatic heterocycles. The Morgan fingerprint density at radius 1 is 1.09 bits per heavy atom. The standard InChI is InChI=1S/C36H40N6O3/c1-4-5-33(43)42-20(2)6-11-31(42)36-39-28-10-8-22-14-27-25-9-7-23(13-24(25)19-45-32(27)15-26(22)34(28)41-36)30-17-38-35(40-30)29-12-21(16-37-29)18-44-3/h7-10,13-15,17,20-21,29,31,37H,4-6,11-12,16,18-19H2,1-3H3,(H,38,40)(H,39,41)/t20-,21-,29-,31-/m0/s1. The van der Waals surface area contributed by atoms with Crippen molar-refractivity contribution in [3.63, 3.8) is 0 Å². The van der Waals surface area contributed by atoms with Gasteiger partial charge < -0.3 is 29.7 Å². The summed E-state index contributed by atoms with van der Waals surface area (Å²) in [5.41, 5.74) is 7.48. The molecular formula is C36H40N6O3. The van der Waals surface area contributed by atoms with Gasteiger partial charge in [-0.1, -0.05) is 25.1 Å². The number of benzene rings is 3. The molecule has 3 aliphatic rings. The summed E-state index contributed by atoms with van der Waals surface area (Å²) in [5, 5.41) is 5.79. The Bertz CT molecular complexity index is 1910. The molecule has 0 bridgehead atoms. The number of imidazole rings is 2. The van der Waals surface area contributed by atoms with Crippen LogP contribution in [0.5, 0.6) is 5.75 Å². The van der Waals surface area contributed by atoms with Crippen LogP contribution in [0.15, 0.2) is 48.7 Å². The van der Waals surface area contributed by atoms with Gasteiger partial charge in [0.2, 0.25) is 5.91 Å². The molecule has 0 spiro atoms. The smallest absolute Gasteiger partial charge is 0.223 e. The monoisotopic (exact) mass is 604 g/mol. The van der Waals surface area contributed by atoms with Crippen LogP contribution in [0, 0.1) is 5.92 Å². The average Bonchev–Trinajstić information content (AvgIpc) is 3.86. The van der Waals surface area contributed by atoms with Crippen molar-refractivity contribution >= 4 is 27.7 Å². The fourth-order valence-corrected chi connectivity index (χ4v) is 7.69. The second-order valence-electron chi connectivity index (χ2n) is 13.0. The number of ether oxygens (including phenoxy) is 2. The van der Waals surface area contributed by atoms with Crippen molar-refractivity contribution in [1.82, 2.24) is 30.2 Å². The number of carbonyl (C=O) groups excluding carboxylic acids is 1. The number of hydrogen-bond donors (Lipinski definition) is 3. The summed E-state index contributed by atoms with van der Waals surface area (Å²) in [5.74, 6) is 3.47. The molecule has 9 heteroatoms. The number of aromatic nitrogens is 4. The number of likely N-dealkylation sites (tertiary alicyclic amines) is 1. The molecule has 0 saturated carbocycles. The van der Waals surface area contributed by atoms with Gasteiger partial charge in [-0.3, -0.25) is 4.79 Å². The Balaban J connectivity index is 1.09. The number of hydrogen-bond acceptors (Lipinski definition) is 6. The molecule has 0 aliphatic carbocycles. The van der Waals surface area contributed by atoms with E-state index in [2.05, 4.69) is 71.6 Å². The molecule has 1 amide bonds. The quantitative estimate of drug-likeness (QED) is 0.188. The Kier molecular flexibility index (Phi) is 7.10. The van der Waals surface area contributed by atoms with Gasteiger partial charge in [-0.05, 0) is 84.9 Å². The predicted molar refractivity (Wildman–Crippen MR) is 175 cm³/mol. The maximum atomic E-state index is 13.0. The highest BCUT2D eigenvalue weighted by molar-refractivity contribution is 6.07. The van der Waals surface area contributed by atoms with E-state index in [0.29, 0.717) is 18.9 Å². The third-order valence-electron chi connectivity index (χ3n) is 9.97. The fraction of sp³-hybridized carbons (Fsp3) is 0.417. The number of H-pyrrole nitrogens is 2. The van der Waals surface area contributed by atoms with E-state index >= 15 is 0 Å². The fourth-order valence-electron chi connectivity index (χ4n) is 7.69. The molecule has 232 valence electrons. The van der Waals surface area contributed by atoms with Crippen molar-refractivity contribution in [2.45, 2.75) is 70.7 Å². The zero-order valence-electron chi connectivity index (χ0n) is 26.2. The van der Waals surface area contributed by atoms with Crippen LogP contribution in [-0.2, 0) is 16.1 Å².